The minimum absolute atomic E-state index is 0.241. The number of hydrogen-bond donors (Lipinski definition) is 2. The standard InChI is InChI=1S/C26H23NO5/c1-17-2-4-18(5-3-17)16-27-26(30)22-13-19(6-9-25(28)29)12-21(14-22)20-7-8-23-24(15-20)32-11-10-31-23/h2-9,12-15H,10-11,16H2,1H3,(H,27,30)(H,28,29)/b9-6+. The van der Waals surface area contributed by atoms with Crippen LogP contribution in [-0.2, 0) is 11.3 Å². The molecular formula is C26H23NO5. The van der Waals surface area contributed by atoms with E-state index in [0.29, 0.717) is 42.4 Å². The third kappa shape index (κ3) is 5.16. The van der Waals surface area contributed by atoms with E-state index >= 15 is 0 Å². The first-order valence-corrected chi connectivity index (χ1v) is 10.3. The van der Waals surface area contributed by atoms with Crippen LogP contribution in [0.15, 0.2) is 66.7 Å². The molecule has 0 bridgehead atoms. The number of carbonyl (C=O) groups is 2. The summed E-state index contributed by atoms with van der Waals surface area (Å²) in [5, 5.41) is 11.9. The molecule has 0 fully saturated rings. The molecular weight excluding hydrogens is 406 g/mol. The van der Waals surface area contributed by atoms with Gasteiger partial charge < -0.3 is 19.9 Å². The summed E-state index contributed by atoms with van der Waals surface area (Å²) in [6.07, 6.45) is 2.53. The molecule has 162 valence electrons. The van der Waals surface area contributed by atoms with E-state index in [1.165, 1.54) is 6.08 Å². The van der Waals surface area contributed by atoms with E-state index in [1.54, 1.807) is 12.1 Å². The van der Waals surface area contributed by atoms with Gasteiger partial charge in [0.1, 0.15) is 13.2 Å². The number of aryl methyl sites for hydroxylation is 1. The Morgan fingerprint density at radius 3 is 2.44 bits per heavy atom. The number of benzene rings is 3. The minimum Gasteiger partial charge on any atom is -0.486 e. The molecule has 0 spiro atoms. The van der Waals surface area contributed by atoms with Crippen molar-refractivity contribution in [1.29, 1.82) is 0 Å². The summed E-state index contributed by atoms with van der Waals surface area (Å²) in [7, 11) is 0. The molecule has 0 radical (unpaired) electrons. The van der Waals surface area contributed by atoms with Gasteiger partial charge in [0, 0.05) is 18.2 Å². The highest BCUT2D eigenvalue weighted by atomic mass is 16.6. The van der Waals surface area contributed by atoms with Crippen LogP contribution < -0.4 is 14.8 Å². The normalized spacial score (nSPS) is 12.5. The van der Waals surface area contributed by atoms with Crippen LogP contribution in [0, 0.1) is 6.92 Å². The number of ether oxygens (including phenoxy) is 2. The minimum atomic E-state index is -1.06. The Labute approximate surface area is 186 Å². The number of hydrogen-bond acceptors (Lipinski definition) is 4. The lowest BCUT2D eigenvalue weighted by molar-refractivity contribution is -0.131. The van der Waals surface area contributed by atoms with Gasteiger partial charge in [0.15, 0.2) is 11.5 Å². The Morgan fingerprint density at radius 1 is 0.938 bits per heavy atom. The third-order valence-corrected chi connectivity index (χ3v) is 5.09. The molecule has 1 heterocycles. The number of nitrogens with one attached hydrogen (secondary N) is 1. The van der Waals surface area contributed by atoms with E-state index in [0.717, 1.165) is 28.3 Å². The lowest BCUT2D eigenvalue weighted by Crippen LogP contribution is -2.22. The van der Waals surface area contributed by atoms with E-state index in [9.17, 15) is 9.59 Å². The van der Waals surface area contributed by atoms with E-state index in [-0.39, 0.29) is 5.91 Å². The molecule has 0 unspecified atom stereocenters. The van der Waals surface area contributed by atoms with Gasteiger partial charge >= 0.3 is 5.97 Å². The van der Waals surface area contributed by atoms with Crippen LogP contribution in [0.5, 0.6) is 11.5 Å². The molecule has 1 aliphatic rings. The first kappa shape index (κ1) is 21.2. The molecule has 3 aromatic rings. The Balaban J connectivity index is 1.63. The molecule has 3 aromatic carbocycles. The number of fused-ring (bicyclic) bond motifs is 1. The Bertz CT molecular complexity index is 1180. The largest absolute Gasteiger partial charge is 0.486 e. The van der Waals surface area contributed by atoms with Crippen LogP contribution in [-0.4, -0.2) is 30.2 Å². The highest BCUT2D eigenvalue weighted by molar-refractivity contribution is 5.96. The molecule has 1 aliphatic heterocycles. The zero-order valence-electron chi connectivity index (χ0n) is 17.6. The van der Waals surface area contributed by atoms with Crippen molar-refractivity contribution in [1.82, 2.24) is 5.32 Å². The molecule has 0 saturated heterocycles. The van der Waals surface area contributed by atoms with Crippen molar-refractivity contribution in [2.75, 3.05) is 13.2 Å². The second kappa shape index (κ2) is 9.39. The van der Waals surface area contributed by atoms with Crippen molar-refractivity contribution >= 4 is 18.0 Å². The zero-order chi connectivity index (χ0) is 22.5. The van der Waals surface area contributed by atoms with Crippen LogP contribution in [0.25, 0.3) is 17.2 Å². The van der Waals surface area contributed by atoms with Gasteiger partial charge in [-0.1, -0.05) is 35.9 Å². The fourth-order valence-electron chi connectivity index (χ4n) is 3.43. The monoisotopic (exact) mass is 429 g/mol. The zero-order valence-corrected chi connectivity index (χ0v) is 17.6. The van der Waals surface area contributed by atoms with E-state index in [1.807, 2.05) is 55.5 Å². The van der Waals surface area contributed by atoms with Gasteiger partial charge in [-0.15, -0.1) is 0 Å². The van der Waals surface area contributed by atoms with Gasteiger partial charge in [0.05, 0.1) is 0 Å². The maximum absolute atomic E-state index is 12.9. The Kier molecular flexibility index (Phi) is 6.22. The van der Waals surface area contributed by atoms with Crippen LogP contribution in [0.1, 0.15) is 27.0 Å². The average molecular weight is 429 g/mol. The molecule has 0 aromatic heterocycles. The van der Waals surface area contributed by atoms with Gasteiger partial charge in [-0.05, 0) is 65.6 Å². The molecule has 1 amide bonds. The summed E-state index contributed by atoms with van der Waals surface area (Å²) in [5.74, 6) is 0.0265. The van der Waals surface area contributed by atoms with Gasteiger partial charge in [0.2, 0.25) is 0 Å². The third-order valence-electron chi connectivity index (χ3n) is 5.09. The lowest BCUT2D eigenvalue weighted by Gasteiger charge is -2.19. The summed E-state index contributed by atoms with van der Waals surface area (Å²) in [5.41, 5.74) is 4.82. The summed E-state index contributed by atoms with van der Waals surface area (Å²) >= 11 is 0. The summed E-state index contributed by atoms with van der Waals surface area (Å²) in [6.45, 7) is 3.39. The van der Waals surface area contributed by atoms with Gasteiger partial charge in [-0.3, -0.25) is 4.79 Å². The number of carboxylic acids is 1. The Hall–Kier alpha value is -4.06. The number of aliphatic carboxylic acids is 1. The average Bonchev–Trinajstić information content (AvgIpc) is 2.81. The number of carboxylic acid groups (broad SMARTS) is 1. The molecule has 6 nitrogen and oxygen atoms in total. The van der Waals surface area contributed by atoms with Gasteiger partial charge in [0.25, 0.3) is 5.91 Å². The van der Waals surface area contributed by atoms with Crippen molar-refractivity contribution in [2.24, 2.45) is 0 Å². The van der Waals surface area contributed by atoms with Crippen molar-refractivity contribution in [3.63, 3.8) is 0 Å². The highest BCUT2D eigenvalue weighted by Gasteiger charge is 2.14. The maximum Gasteiger partial charge on any atom is 0.328 e. The molecule has 2 N–H and O–H groups in total. The molecule has 4 rings (SSSR count). The second-order valence-corrected chi connectivity index (χ2v) is 7.54. The highest BCUT2D eigenvalue weighted by Crippen LogP contribution is 2.35. The molecule has 6 heteroatoms. The van der Waals surface area contributed by atoms with Gasteiger partial charge in [-0.25, -0.2) is 4.79 Å². The fourth-order valence-corrected chi connectivity index (χ4v) is 3.43. The van der Waals surface area contributed by atoms with Crippen molar-refractivity contribution < 1.29 is 24.2 Å². The Morgan fingerprint density at radius 2 is 1.69 bits per heavy atom. The van der Waals surface area contributed by atoms with Crippen molar-refractivity contribution in [3.8, 4) is 22.6 Å². The van der Waals surface area contributed by atoms with Crippen molar-refractivity contribution in [3.05, 3.63) is 89.0 Å². The van der Waals surface area contributed by atoms with E-state index in [4.69, 9.17) is 14.6 Å². The maximum atomic E-state index is 12.9. The molecule has 32 heavy (non-hydrogen) atoms. The summed E-state index contributed by atoms with van der Waals surface area (Å²) < 4.78 is 11.3. The van der Waals surface area contributed by atoms with E-state index in [2.05, 4.69) is 5.32 Å². The number of rotatable bonds is 6. The molecule has 0 saturated carbocycles. The molecule has 0 atom stereocenters. The first-order chi connectivity index (χ1) is 15.5. The van der Waals surface area contributed by atoms with Crippen LogP contribution in [0.2, 0.25) is 0 Å². The topological polar surface area (TPSA) is 84.9 Å². The van der Waals surface area contributed by atoms with Crippen molar-refractivity contribution in [2.45, 2.75) is 13.5 Å². The van der Waals surface area contributed by atoms with Gasteiger partial charge in [-0.2, -0.15) is 0 Å². The molecule has 0 aliphatic carbocycles. The SMILES string of the molecule is Cc1ccc(CNC(=O)c2cc(/C=C/C(=O)O)cc(-c3ccc4c(c3)OCCO4)c2)cc1. The smallest absolute Gasteiger partial charge is 0.328 e. The fraction of sp³-hybridized carbons (Fsp3) is 0.154. The number of amides is 1. The quantitative estimate of drug-likeness (QED) is 0.565. The summed E-state index contributed by atoms with van der Waals surface area (Å²) in [6, 6.07) is 18.8. The predicted octanol–water partition coefficient (Wildman–Crippen LogP) is 4.46. The first-order valence-electron chi connectivity index (χ1n) is 10.3. The predicted molar refractivity (Wildman–Crippen MR) is 122 cm³/mol. The van der Waals surface area contributed by atoms with Crippen LogP contribution >= 0.6 is 0 Å². The second-order valence-electron chi connectivity index (χ2n) is 7.54. The van der Waals surface area contributed by atoms with Crippen LogP contribution in [0.3, 0.4) is 0 Å². The van der Waals surface area contributed by atoms with Crippen LogP contribution in [0.4, 0.5) is 0 Å². The lowest BCUT2D eigenvalue weighted by atomic mass is 9.98. The summed E-state index contributed by atoms with van der Waals surface area (Å²) in [4.78, 5) is 23.9. The van der Waals surface area contributed by atoms with E-state index < -0.39 is 5.97 Å². The number of carbonyl (C=O) groups excluding carboxylic acids is 1.